The van der Waals surface area contributed by atoms with Crippen LogP contribution in [-0.2, 0) is 16.1 Å². The molecule has 1 amide bonds. The largest absolute Gasteiger partial charge is 0.483 e. The van der Waals surface area contributed by atoms with Crippen molar-refractivity contribution in [3.8, 4) is 5.75 Å². The summed E-state index contributed by atoms with van der Waals surface area (Å²) in [6.45, 7) is 6.50. The zero-order valence-electron chi connectivity index (χ0n) is 13.8. The van der Waals surface area contributed by atoms with Gasteiger partial charge in [0.2, 0.25) is 5.13 Å². The second-order valence-corrected chi connectivity index (χ2v) is 6.53. The highest BCUT2D eigenvalue weighted by atomic mass is 32.1. The summed E-state index contributed by atoms with van der Waals surface area (Å²) >= 11 is 1.28. The van der Waals surface area contributed by atoms with Crippen LogP contribution in [0.15, 0.2) is 18.2 Å². The molecule has 0 aliphatic rings. The topological polar surface area (TPSA) is 73.3 Å². The molecule has 2 aromatic rings. The fourth-order valence-corrected chi connectivity index (χ4v) is 2.76. The molecule has 0 saturated carbocycles. The number of rotatable bonds is 7. The zero-order chi connectivity index (χ0) is 16.8. The minimum atomic E-state index is -0.263. The van der Waals surface area contributed by atoms with E-state index in [9.17, 15) is 4.79 Å². The van der Waals surface area contributed by atoms with Crippen LogP contribution < -0.4 is 10.1 Å². The first-order valence-corrected chi connectivity index (χ1v) is 8.15. The Kier molecular flexibility index (Phi) is 6.06. The molecule has 1 heterocycles. The summed E-state index contributed by atoms with van der Waals surface area (Å²) in [6, 6.07) is 6.03. The number of nitrogens with zero attached hydrogens (tertiary/aromatic N) is 2. The molecule has 0 saturated heterocycles. The predicted octanol–water partition coefficient (Wildman–Crippen LogP) is 3.13. The van der Waals surface area contributed by atoms with Gasteiger partial charge in [-0.05, 0) is 30.0 Å². The molecular formula is C16H21N3O3S. The average molecular weight is 335 g/mol. The number of nitrogens with one attached hydrogen (secondary N) is 1. The summed E-state index contributed by atoms with van der Waals surface area (Å²) in [5, 5.41) is 11.6. The third-order valence-electron chi connectivity index (χ3n) is 3.13. The standard InChI is InChI=1S/C16H21N3O3S/c1-10(2)12-6-5-11(3)7-13(12)22-8-14(20)17-16-19-18-15(23-16)9-21-4/h5-7,10H,8-9H2,1-4H3,(H,17,19,20). The number of anilines is 1. The molecule has 0 spiro atoms. The number of hydrogen-bond donors (Lipinski definition) is 1. The number of aromatic nitrogens is 2. The molecule has 7 heteroatoms. The third-order valence-corrected chi connectivity index (χ3v) is 3.94. The second kappa shape index (κ2) is 8.03. The van der Waals surface area contributed by atoms with Crippen LogP contribution in [0.5, 0.6) is 5.75 Å². The van der Waals surface area contributed by atoms with Crippen LogP contribution in [-0.4, -0.2) is 29.8 Å². The van der Waals surface area contributed by atoms with Crippen LogP contribution in [0.2, 0.25) is 0 Å². The monoisotopic (exact) mass is 335 g/mol. The summed E-state index contributed by atoms with van der Waals surface area (Å²) in [4.78, 5) is 12.0. The van der Waals surface area contributed by atoms with Gasteiger partial charge in [0.15, 0.2) is 6.61 Å². The van der Waals surface area contributed by atoms with Crippen LogP contribution in [0.3, 0.4) is 0 Å². The second-order valence-electron chi connectivity index (χ2n) is 5.47. The van der Waals surface area contributed by atoms with Gasteiger partial charge in [-0.25, -0.2) is 0 Å². The molecule has 23 heavy (non-hydrogen) atoms. The van der Waals surface area contributed by atoms with Gasteiger partial charge in [-0.15, -0.1) is 10.2 Å². The van der Waals surface area contributed by atoms with Crippen LogP contribution in [0.1, 0.15) is 35.9 Å². The fraction of sp³-hybridized carbons (Fsp3) is 0.438. The molecule has 1 aromatic heterocycles. The van der Waals surface area contributed by atoms with E-state index in [0.717, 1.165) is 16.9 Å². The maximum Gasteiger partial charge on any atom is 0.264 e. The molecule has 0 radical (unpaired) electrons. The lowest BCUT2D eigenvalue weighted by Crippen LogP contribution is -2.20. The highest BCUT2D eigenvalue weighted by Crippen LogP contribution is 2.27. The summed E-state index contributed by atoms with van der Waals surface area (Å²) < 4.78 is 10.7. The van der Waals surface area contributed by atoms with Gasteiger partial charge in [-0.2, -0.15) is 0 Å². The Bertz CT molecular complexity index is 670. The first-order valence-electron chi connectivity index (χ1n) is 7.34. The molecule has 6 nitrogen and oxygen atoms in total. The minimum Gasteiger partial charge on any atom is -0.483 e. The van der Waals surface area contributed by atoms with Gasteiger partial charge in [0, 0.05) is 7.11 Å². The van der Waals surface area contributed by atoms with Crippen molar-refractivity contribution in [1.29, 1.82) is 0 Å². The highest BCUT2D eigenvalue weighted by molar-refractivity contribution is 7.15. The van der Waals surface area contributed by atoms with Crippen LogP contribution >= 0.6 is 11.3 Å². The summed E-state index contributed by atoms with van der Waals surface area (Å²) in [6.07, 6.45) is 0. The highest BCUT2D eigenvalue weighted by Gasteiger charge is 2.12. The molecular weight excluding hydrogens is 314 g/mol. The zero-order valence-corrected chi connectivity index (χ0v) is 14.6. The Morgan fingerprint density at radius 1 is 1.35 bits per heavy atom. The van der Waals surface area contributed by atoms with Gasteiger partial charge in [-0.3, -0.25) is 10.1 Å². The molecule has 1 N–H and O–H groups in total. The van der Waals surface area contributed by atoms with Gasteiger partial charge in [0.1, 0.15) is 17.4 Å². The molecule has 0 fully saturated rings. The maximum atomic E-state index is 12.0. The molecule has 2 rings (SSSR count). The van der Waals surface area contributed by atoms with E-state index in [1.807, 2.05) is 25.1 Å². The number of carbonyl (C=O) groups is 1. The van der Waals surface area contributed by atoms with Crippen molar-refractivity contribution in [2.45, 2.75) is 33.3 Å². The Morgan fingerprint density at radius 2 is 2.13 bits per heavy atom. The quantitative estimate of drug-likeness (QED) is 0.841. The van der Waals surface area contributed by atoms with E-state index < -0.39 is 0 Å². The van der Waals surface area contributed by atoms with Crippen molar-refractivity contribution >= 4 is 22.4 Å². The van der Waals surface area contributed by atoms with Gasteiger partial charge < -0.3 is 9.47 Å². The smallest absolute Gasteiger partial charge is 0.264 e. The van der Waals surface area contributed by atoms with Gasteiger partial charge >= 0.3 is 0 Å². The van der Waals surface area contributed by atoms with E-state index in [1.165, 1.54) is 11.3 Å². The maximum absolute atomic E-state index is 12.0. The average Bonchev–Trinajstić information content (AvgIpc) is 2.92. The summed E-state index contributed by atoms with van der Waals surface area (Å²) in [5.41, 5.74) is 2.18. The number of benzene rings is 1. The predicted molar refractivity (Wildman–Crippen MR) is 90.0 cm³/mol. The fourth-order valence-electron chi connectivity index (χ4n) is 2.03. The van der Waals surface area contributed by atoms with E-state index in [2.05, 4.69) is 29.4 Å². The van der Waals surface area contributed by atoms with E-state index >= 15 is 0 Å². The number of hydrogen-bond acceptors (Lipinski definition) is 6. The SMILES string of the molecule is COCc1nnc(NC(=O)COc2cc(C)ccc2C(C)C)s1. The number of carbonyl (C=O) groups excluding carboxylic acids is 1. The van der Waals surface area contributed by atoms with Crippen molar-refractivity contribution in [2.24, 2.45) is 0 Å². The van der Waals surface area contributed by atoms with Crippen molar-refractivity contribution in [3.05, 3.63) is 34.3 Å². The van der Waals surface area contributed by atoms with E-state index in [1.54, 1.807) is 7.11 Å². The van der Waals surface area contributed by atoms with Crippen molar-refractivity contribution < 1.29 is 14.3 Å². The molecule has 1 aromatic carbocycles. The van der Waals surface area contributed by atoms with Crippen molar-refractivity contribution in [2.75, 3.05) is 19.0 Å². The first kappa shape index (κ1) is 17.4. The minimum absolute atomic E-state index is 0.0671. The molecule has 0 bridgehead atoms. The van der Waals surface area contributed by atoms with Crippen LogP contribution in [0, 0.1) is 6.92 Å². The first-order chi connectivity index (χ1) is 11.0. The van der Waals surface area contributed by atoms with Gasteiger partial charge in [0.05, 0.1) is 0 Å². The van der Waals surface area contributed by atoms with E-state index in [4.69, 9.17) is 9.47 Å². The molecule has 0 aliphatic carbocycles. The van der Waals surface area contributed by atoms with Crippen molar-refractivity contribution in [1.82, 2.24) is 10.2 Å². The molecule has 0 aliphatic heterocycles. The number of aryl methyl sites for hydroxylation is 1. The van der Waals surface area contributed by atoms with Crippen LogP contribution in [0.4, 0.5) is 5.13 Å². The molecule has 0 unspecified atom stereocenters. The molecule has 124 valence electrons. The van der Waals surface area contributed by atoms with Gasteiger partial charge in [-0.1, -0.05) is 37.3 Å². The summed E-state index contributed by atoms with van der Waals surface area (Å²) in [5.74, 6) is 0.808. The Labute approximate surface area is 139 Å². The number of methoxy groups -OCH3 is 1. The van der Waals surface area contributed by atoms with E-state index in [0.29, 0.717) is 22.7 Å². The number of amides is 1. The van der Waals surface area contributed by atoms with Crippen LogP contribution in [0.25, 0.3) is 0 Å². The summed E-state index contributed by atoms with van der Waals surface area (Å²) in [7, 11) is 1.58. The lowest BCUT2D eigenvalue weighted by atomic mass is 10.0. The lowest BCUT2D eigenvalue weighted by Gasteiger charge is -2.14. The normalized spacial score (nSPS) is 10.8. The third kappa shape index (κ3) is 5.01. The lowest BCUT2D eigenvalue weighted by molar-refractivity contribution is -0.118. The number of ether oxygens (including phenoxy) is 2. The molecule has 0 atom stereocenters. The van der Waals surface area contributed by atoms with Crippen molar-refractivity contribution in [3.63, 3.8) is 0 Å². The Morgan fingerprint density at radius 3 is 2.83 bits per heavy atom. The van der Waals surface area contributed by atoms with Gasteiger partial charge in [0.25, 0.3) is 5.91 Å². The van der Waals surface area contributed by atoms with E-state index in [-0.39, 0.29) is 12.5 Å². The Balaban J connectivity index is 1.95. The Hall–Kier alpha value is -1.99.